The van der Waals surface area contributed by atoms with E-state index in [-0.39, 0.29) is 12.8 Å². The molecule has 0 spiro atoms. The summed E-state index contributed by atoms with van der Waals surface area (Å²) in [6.07, 6.45) is 44.1. The van der Waals surface area contributed by atoms with Crippen LogP contribution in [0.1, 0.15) is 129 Å². The van der Waals surface area contributed by atoms with E-state index < -0.39 is 85.5 Å². The molecule has 15 nitrogen and oxygen atoms in total. The summed E-state index contributed by atoms with van der Waals surface area (Å²) in [5.74, 6) is -1.09. The molecular formula is C47H78O15P2. The Morgan fingerprint density at radius 1 is 0.438 bits per heavy atom. The Bertz CT molecular complexity index is 1520. The molecule has 0 radical (unpaired) electrons. The first-order valence-corrected chi connectivity index (χ1v) is 25.6. The predicted octanol–water partition coefficient (Wildman–Crippen LogP) is 9.93. The number of phosphoric acid groups is 2. The van der Waals surface area contributed by atoms with Gasteiger partial charge in [-0.3, -0.25) is 27.7 Å². The number of hydrogen-bond acceptors (Lipinski definition) is 13. The first-order chi connectivity index (χ1) is 30.8. The number of esters is 2. The van der Waals surface area contributed by atoms with Gasteiger partial charge < -0.3 is 34.6 Å². The van der Waals surface area contributed by atoms with Crippen LogP contribution in [0, 0.1) is 0 Å². The average molecular weight is 945 g/mol. The summed E-state index contributed by atoms with van der Waals surface area (Å²) in [5, 5.41) is 30.0. The van der Waals surface area contributed by atoms with Crippen LogP contribution in [-0.2, 0) is 46.3 Å². The fraction of sp³-hybridized carbons (Fsp3) is 0.617. The summed E-state index contributed by atoms with van der Waals surface area (Å²) in [5.41, 5.74) is 0. The Morgan fingerprint density at radius 2 is 0.797 bits per heavy atom. The van der Waals surface area contributed by atoms with Gasteiger partial charge in [-0.15, -0.1) is 0 Å². The number of unbranched alkanes of at least 4 members (excludes halogenated alkanes) is 10. The van der Waals surface area contributed by atoms with Crippen LogP contribution in [0.3, 0.4) is 0 Å². The summed E-state index contributed by atoms with van der Waals surface area (Å²) >= 11 is 0. The fourth-order valence-electron chi connectivity index (χ4n) is 5.13. The van der Waals surface area contributed by atoms with E-state index in [1.165, 1.54) is 25.7 Å². The molecule has 0 saturated heterocycles. The minimum atomic E-state index is -4.80. The third kappa shape index (κ3) is 44.2. The molecule has 0 aliphatic heterocycles. The lowest BCUT2D eigenvalue weighted by atomic mass is 10.1. The maximum absolute atomic E-state index is 12.1. The van der Waals surface area contributed by atoms with Gasteiger partial charge in [-0.1, -0.05) is 150 Å². The molecule has 0 aliphatic rings. The summed E-state index contributed by atoms with van der Waals surface area (Å²) in [6, 6.07) is 0. The number of phosphoric ester groups is 2. The predicted molar refractivity (Wildman–Crippen MR) is 251 cm³/mol. The molecule has 0 aromatic carbocycles. The van der Waals surface area contributed by atoms with Crippen LogP contribution >= 0.6 is 15.6 Å². The second kappa shape index (κ2) is 42.6. The molecule has 0 saturated carbocycles. The van der Waals surface area contributed by atoms with Crippen molar-refractivity contribution in [3.63, 3.8) is 0 Å². The van der Waals surface area contributed by atoms with Crippen LogP contribution in [0.4, 0.5) is 0 Å². The zero-order chi connectivity index (χ0) is 47.4. The van der Waals surface area contributed by atoms with E-state index in [1.54, 1.807) is 0 Å². The van der Waals surface area contributed by atoms with Gasteiger partial charge in [0.25, 0.3) is 0 Å². The van der Waals surface area contributed by atoms with E-state index in [0.717, 1.165) is 57.8 Å². The SMILES string of the molecule is CC/C=C/C=C/C=C\C=C/C=C/CCCC(=O)OCC(O)COP(=O)(O)OCC(O)COP(=O)(O)OCC(O)COC(=O)CCCCCCCC/C=C\C/C=C\C/C=C\CCCCC. The number of aliphatic hydroxyl groups excluding tert-OH is 3. The fourth-order valence-corrected chi connectivity index (χ4v) is 6.72. The molecular weight excluding hydrogens is 866 g/mol. The van der Waals surface area contributed by atoms with Gasteiger partial charge in [-0.25, -0.2) is 9.13 Å². The van der Waals surface area contributed by atoms with Gasteiger partial charge in [0, 0.05) is 12.8 Å². The second-order valence-electron chi connectivity index (χ2n) is 14.8. The Balaban J connectivity index is 3.99. The van der Waals surface area contributed by atoms with Crippen molar-refractivity contribution < 1.29 is 71.4 Å². The maximum Gasteiger partial charge on any atom is 0.472 e. The van der Waals surface area contributed by atoms with Gasteiger partial charge in [0.15, 0.2) is 0 Å². The van der Waals surface area contributed by atoms with E-state index >= 15 is 0 Å². The van der Waals surface area contributed by atoms with Gasteiger partial charge in [-0.05, 0) is 64.2 Å². The van der Waals surface area contributed by atoms with E-state index in [9.17, 15) is 43.8 Å². The van der Waals surface area contributed by atoms with Gasteiger partial charge in [0.05, 0.1) is 26.4 Å². The molecule has 0 aromatic rings. The van der Waals surface area contributed by atoms with Crippen molar-refractivity contribution in [2.45, 2.75) is 148 Å². The first-order valence-electron chi connectivity index (χ1n) is 22.7. The standard InChI is InChI=1S/C47H78O15P2/c1-3-5-7-9-11-13-15-17-18-19-20-21-22-24-26-28-30-32-34-36-47(52)58-38-44(49)40-60-64(55,56)62-42-45(50)41-61-63(53,54)59-39-43(48)37-57-46(51)35-33-31-29-27-25-23-16-14-12-10-8-6-4-2/h6,8,10-14,16-18,20-21,23,25,27,29,43-45,48-50H,3-5,7,9,15,19,22,24,26,28,30-42H2,1-2H3,(H,53,54)(H,55,56)/b8-6+,12-10+,13-11-,16-14-,18-17-,21-20-,25-23-,29-27+. The molecule has 0 rings (SSSR count). The van der Waals surface area contributed by atoms with Gasteiger partial charge in [0.2, 0.25) is 0 Å². The molecule has 5 atom stereocenters. The van der Waals surface area contributed by atoms with Crippen LogP contribution in [0.2, 0.25) is 0 Å². The van der Waals surface area contributed by atoms with Crippen LogP contribution in [0.15, 0.2) is 97.2 Å². The zero-order valence-electron chi connectivity index (χ0n) is 38.2. The van der Waals surface area contributed by atoms with Crippen LogP contribution < -0.4 is 0 Å². The van der Waals surface area contributed by atoms with E-state index in [0.29, 0.717) is 19.3 Å². The zero-order valence-corrected chi connectivity index (χ0v) is 39.9. The number of carbonyl (C=O) groups is 2. The van der Waals surface area contributed by atoms with E-state index in [4.69, 9.17) is 9.47 Å². The van der Waals surface area contributed by atoms with Crippen molar-refractivity contribution in [1.82, 2.24) is 0 Å². The number of carbonyl (C=O) groups excluding carboxylic acids is 2. The smallest absolute Gasteiger partial charge is 0.463 e. The molecule has 0 amide bonds. The normalized spacial score (nSPS) is 16.0. The van der Waals surface area contributed by atoms with Crippen molar-refractivity contribution in [3.8, 4) is 0 Å². The minimum absolute atomic E-state index is 0.0950. The van der Waals surface area contributed by atoms with Crippen molar-refractivity contribution in [2.75, 3.05) is 39.6 Å². The molecule has 0 heterocycles. The Labute approximate surface area is 382 Å². The lowest BCUT2D eigenvalue weighted by Crippen LogP contribution is -2.25. The van der Waals surface area contributed by atoms with E-state index in [1.807, 2.05) is 54.7 Å². The number of allylic oxidation sites excluding steroid dienone is 16. The highest BCUT2D eigenvalue weighted by Crippen LogP contribution is 2.45. The second-order valence-corrected chi connectivity index (χ2v) is 17.7. The Morgan fingerprint density at radius 3 is 1.27 bits per heavy atom. The largest absolute Gasteiger partial charge is 0.472 e. The van der Waals surface area contributed by atoms with Crippen molar-refractivity contribution in [1.29, 1.82) is 0 Å². The van der Waals surface area contributed by atoms with Crippen LogP contribution in [0.5, 0.6) is 0 Å². The van der Waals surface area contributed by atoms with Gasteiger partial charge >= 0.3 is 27.6 Å². The molecule has 5 unspecified atom stereocenters. The summed E-state index contributed by atoms with van der Waals surface area (Å²) in [4.78, 5) is 43.6. The van der Waals surface area contributed by atoms with Crippen LogP contribution in [-0.4, -0.2) is 95.0 Å². The number of ether oxygens (including phenoxy) is 2. The molecule has 0 fully saturated rings. The number of aliphatic hydroxyl groups is 3. The van der Waals surface area contributed by atoms with Crippen molar-refractivity contribution in [3.05, 3.63) is 97.2 Å². The molecule has 64 heavy (non-hydrogen) atoms. The molecule has 0 aromatic heterocycles. The Kier molecular flexibility index (Phi) is 40.6. The highest BCUT2D eigenvalue weighted by molar-refractivity contribution is 7.47. The minimum Gasteiger partial charge on any atom is -0.463 e. The summed E-state index contributed by atoms with van der Waals surface area (Å²) in [6.45, 7) is 0.101. The molecule has 5 N–H and O–H groups in total. The first kappa shape index (κ1) is 61.0. The monoisotopic (exact) mass is 944 g/mol. The molecule has 0 bridgehead atoms. The lowest BCUT2D eigenvalue weighted by molar-refractivity contribution is -0.148. The van der Waals surface area contributed by atoms with Crippen LogP contribution in [0.25, 0.3) is 0 Å². The number of hydrogen-bond donors (Lipinski definition) is 5. The number of rotatable bonds is 42. The maximum atomic E-state index is 12.1. The lowest BCUT2D eigenvalue weighted by Gasteiger charge is -2.19. The van der Waals surface area contributed by atoms with Gasteiger partial charge in [-0.2, -0.15) is 0 Å². The molecule has 366 valence electrons. The van der Waals surface area contributed by atoms with Gasteiger partial charge in [0.1, 0.15) is 31.5 Å². The quantitative estimate of drug-likeness (QED) is 0.0126. The summed E-state index contributed by atoms with van der Waals surface area (Å²) < 4.78 is 52.8. The van der Waals surface area contributed by atoms with Crippen molar-refractivity contribution in [2.24, 2.45) is 0 Å². The summed E-state index contributed by atoms with van der Waals surface area (Å²) in [7, 11) is -9.60. The molecule has 17 heteroatoms. The third-order valence-electron chi connectivity index (χ3n) is 8.65. The highest BCUT2D eigenvalue weighted by Gasteiger charge is 2.28. The average Bonchev–Trinajstić information content (AvgIpc) is 3.27. The highest BCUT2D eigenvalue weighted by atomic mass is 31.2. The van der Waals surface area contributed by atoms with Crippen molar-refractivity contribution >= 4 is 27.6 Å². The van der Waals surface area contributed by atoms with E-state index in [2.05, 4.69) is 74.5 Å². The molecule has 0 aliphatic carbocycles. The topological polar surface area (TPSA) is 225 Å². The Hall–Kier alpha value is -3.04. The third-order valence-corrected chi connectivity index (χ3v) is 10.6.